The molecule has 8 aromatic rings. The van der Waals surface area contributed by atoms with Gasteiger partial charge in [-0.1, -0.05) is 0 Å². The summed E-state index contributed by atoms with van der Waals surface area (Å²) in [6.45, 7) is 0. The van der Waals surface area contributed by atoms with E-state index in [1.807, 2.05) is 0 Å². The number of ether oxygens (including phenoxy) is 2. The summed E-state index contributed by atoms with van der Waals surface area (Å²) in [5, 5.41) is 41.4. The standard InChI is InChI=1S/C27H28N6O7.C14H15N3O5.C13H13N3O5/c1-29-12-16(6-20(29)23(34)8-17-7-22(27(37)40-5)30(2)13-17)9-25(36)26-28-18(14-32(26)4)10-24(35)21-11-19(33(38)39)15-31(21)3;1-15-7-9(4-12(15)14(19)22-3)5-13(18)11-6-10(17(20)21)8-16(11)2;1-14-6-8(3-11(14)13(18)19)4-12(17)10-5-9(16(20)21)7-15(10)2/h6-7,11-15H,8-10H2,1-5H3;4,6-8H,5H2,1-3H3;3,5-7H,4H2,1-2H3,(H,18,19). The third-order valence-electron chi connectivity index (χ3n) is 13.0. The fourth-order valence-electron chi connectivity index (χ4n) is 9.02. The highest BCUT2D eigenvalue weighted by Gasteiger charge is 2.25. The maximum atomic E-state index is 13.1. The minimum absolute atomic E-state index is 0.0127. The number of aromatic carboxylic acids is 1. The van der Waals surface area contributed by atoms with Crippen molar-refractivity contribution in [1.29, 1.82) is 0 Å². The molecule has 0 amide bonds. The number of esters is 2. The highest BCUT2D eigenvalue weighted by molar-refractivity contribution is 6.00. The number of hydrogen-bond donors (Lipinski definition) is 1. The second kappa shape index (κ2) is 25.5. The van der Waals surface area contributed by atoms with Crippen LogP contribution >= 0.6 is 0 Å². The van der Waals surface area contributed by atoms with Gasteiger partial charge >= 0.3 is 17.9 Å². The van der Waals surface area contributed by atoms with Gasteiger partial charge in [0.15, 0.2) is 29.0 Å². The number of rotatable bonds is 21. The van der Waals surface area contributed by atoms with Crippen LogP contribution in [0, 0.1) is 30.3 Å². The summed E-state index contributed by atoms with van der Waals surface area (Å²) < 4.78 is 21.4. The van der Waals surface area contributed by atoms with E-state index < -0.39 is 32.7 Å². The highest BCUT2D eigenvalue weighted by Crippen LogP contribution is 2.22. The van der Waals surface area contributed by atoms with Crippen molar-refractivity contribution in [3.8, 4) is 0 Å². The lowest BCUT2D eigenvalue weighted by Crippen LogP contribution is -2.10. The molecule has 1 N–H and O–H groups in total. The van der Waals surface area contributed by atoms with Crippen LogP contribution in [0.5, 0.6) is 0 Å². The van der Waals surface area contributed by atoms with Crippen molar-refractivity contribution >= 4 is 63.9 Å². The van der Waals surface area contributed by atoms with E-state index in [1.165, 1.54) is 79.9 Å². The molecule has 0 bridgehead atoms. The van der Waals surface area contributed by atoms with Crippen LogP contribution in [0.1, 0.15) is 112 Å². The Morgan fingerprint density at radius 1 is 0.398 bits per heavy atom. The number of aryl methyl sites for hydroxylation is 8. The molecule has 0 aromatic carbocycles. The molecule has 0 fully saturated rings. The van der Waals surface area contributed by atoms with Crippen molar-refractivity contribution in [3.05, 3.63) is 196 Å². The fourth-order valence-corrected chi connectivity index (χ4v) is 9.02. The number of nitrogens with zero attached hydrogens (tertiary/aromatic N) is 12. The fraction of sp³-hybridized carbons (Fsp3) is 0.278. The number of carboxylic acids is 1. The van der Waals surface area contributed by atoms with Gasteiger partial charge in [-0.25, -0.2) is 19.4 Å². The number of ketones is 5. The van der Waals surface area contributed by atoms with Crippen molar-refractivity contribution in [3.63, 3.8) is 0 Å². The molecule has 434 valence electrons. The van der Waals surface area contributed by atoms with E-state index in [2.05, 4.69) is 9.72 Å². The second-order valence-electron chi connectivity index (χ2n) is 19.2. The average molecular weight is 1150 g/mol. The third kappa shape index (κ3) is 14.5. The van der Waals surface area contributed by atoms with Crippen molar-refractivity contribution in [1.82, 2.24) is 41.5 Å². The van der Waals surface area contributed by atoms with Gasteiger partial charge in [-0.15, -0.1) is 0 Å². The lowest BCUT2D eigenvalue weighted by atomic mass is 10.1. The number of carbonyl (C=O) groups is 8. The van der Waals surface area contributed by atoms with Gasteiger partial charge in [0.05, 0.1) is 82.5 Å². The molecule has 0 aliphatic carbocycles. The number of hydrogen-bond acceptors (Lipinski definition) is 17. The van der Waals surface area contributed by atoms with Gasteiger partial charge in [0.1, 0.15) is 17.1 Å². The van der Waals surface area contributed by atoms with E-state index in [0.29, 0.717) is 45.0 Å². The summed E-state index contributed by atoms with van der Waals surface area (Å²) in [7, 11) is 15.5. The van der Waals surface area contributed by atoms with Gasteiger partial charge in [-0.05, 0) is 46.5 Å². The number of aromatic nitrogens is 9. The van der Waals surface area contributed by atoms with Gasteiger partial charge in [-0.3, -0.25) is 54.3 Å². The Hall–Kier alpha value is -10.9. The maximum absolute atomic E-state index is 13.1. The Labute approximate surface area is 470 Å². The van der Waals surface area contributed by atoms with Crippen LogP contribution in [0.15, 0.2) is 92.0 Å². The molecule has 83 heavy (non-hydrogen) atoms. The minimum Gasteiger partial charge on any atom is -0.477 e. The molecule has 0 aliphatic heterocycles. The van der Waals surface area contributed by atoms with Crippen LogP contribution < -0.4 is 0 Å². The SMILES string of the molecule is COC(=O)c1cc(CC(=O)c2cc(CC(=O)c3nc(CC(=O)c4cc([N+](=O)[O-])cn4C)cn3C)cn2C)cn1C.COC(=O)c1cc(CC(=O)c2cc([N+](=O)[O-])cn2C)cn1C.Cn1cc(CC(=O)c2cc([N+](=O)[O-])cn2C)cc1C(=O)O. The Morgan fingerprint density at radius 3 is 0.988 bits per heavy atom. The zero-order valence-electron chi connectivity index (χ0n) is 46.5. The largest absolute Gasteiger partial charge is 0.477 e. The van der Waals surface area contributed by atoms with E-state index in [0.717, 1.165) is 0 Å². The highest BCUT2D eigenvalue weighted by atomic mass is 16.6. The Bertz CT molecular complexity index is 3920. The summed E-state index contributed by atoms with van der Waals surface area (Å²) in [6, 6.07) is 9.91. The van der Waals surface area contributed by atoms with Gasteiger partial charge < -0.3 is 51.1 Å². The van der Waals surface area contributed by atoms with Gasteiger partial charge in [0, 0.05) is 131 Å². The predicted molar refractivity (Wildman–Crippen MR) is 291 cm³/mol. The first-order valence-corrected chi connectivity index (χ1v) is 24.6. The zero-order valence-corrected chi connectivity index (χ0v) is 46.5. The number of carbonyl (C=O) groups excluding carboxylic acids is 7. The zero-order chi connectivity index (χ0) is 61.5. The summed E-state index contributed by atoms with van der Waals surface area (Å²) in [6.07, 6.45) is 11.9. The van der Waals surface area contributed by atoms with E-state index in [-0.39, 0.29) is 107 Å². The summed E-state index contributed by atoms with van der Waals surface area (Å²) >= 11 is 0. The van der Waals surface area contributed by atoms with Crippen LogP contribution in [0.2, 0.25) is 0 Å². The monoisotopic (exact) mass is 1140 g/mol. The first-order valence-electron chi connectivity index (χ1n) is 24.6. The number of imidazole rings is 1. The second-order valence-corrected chi connectivity index (χ2v) is 19.2. The van der Waals surface area contributed by atoms with Gasteiger partial charge in [0.25, 0.3) is 17.1 Å². The minimum atomic E-state index is -1.08. The number of Topliss-reactive ketones (excluding diaryl/α,β-unsaturated/α-hetero) is 5. The van der Waals surface area contributed by atoms with Gasteiger partial charge in [-0.2, -0.15) is 0 Å². The molecule has 0 saturated heterocycles. The normalized spacial score (nSPS) is 10.8. The van der Waals surface area contributed by atoms with Crippen molar-refractivity contribution < 1.29 is 67.7 Å². The third-order valence-corrected chi connectivity index (χ3v) is 13.0. The maximum Gasteiger partial charge on any atom is 0.354 e. The smallest absolute Gasteiger partial charge is 0.354 e. The molecule has 0 saturated carbocycles. The van der Waals surface area contributed by atoms with Crippen LogP contribution in [-0.2, 0) is 98.0 Å². The first-order chi connectivity index (χ1) is 39.0. The summed E-state index contributed by atoms with van der Waals surface area (Å²) in [5.41, 5.74) is 4.15. The van der Waals surface area contributed by atoms with Crippen molar-refractivity contribution in [2.24, 2.45) is 56.4 Å². The quantitative estimate of drug-likeness (QED) is 0.0413. The van der Waals surface area contributed by atoms with Crippen molar-refractivity contribution in [2.75, 3.05) is 14.2 Å². The lowest BCUT2D eigenvalue weighted by molar-refractivity contribution is -0.385. The van der Waals surface area contributed by atoms with E-state index in [9.17, 15) is 68.7 Å². The molecule has 8 heterocycles. The molecule has 8 aromatic heterocycles. The van der Waals surface area contributed by atoms with Crippen LogP contribution in [0.3, 0.4) is 0 Å². The van der Waals surface area contributed by atoms with E-state index in [1.54, 1.807) is 119 Å². The molecule has 8 rings (SSSR count). The molecule has 0 aliphatic rings. The molecule has 0 radical (unpaired) electrons. The molecular formula is C54H56N12O17. The molecule has 29 heteroatoms. The molecule has 29 nitrogen and oxygen atoms in total. The van der Waals surface area contributed by atoms with Crippen molar-refractivity contribution in [2.45, 2.75) is 32.1 Å². The number of carboxylic acid groups (broad SMARTS) is 1. The van der Waals surface area contributed by atoms with Gasteiger partial charge in [0.2, 0.25) is 5.78 Å². The lowest BCUT2D eigenvalue weighted by Gasteiger charge is -2.00. The summed E-state index contributed by atoms with van der Waals surface area (Å²) in [5.74, 6) is -3.33. The Kier molecular flexibility index (Phi) is 18.8. The molecule has 0 spiro atoms. The first kappa shape index (κ1) is 61.3. The van der Waals surface area contributed by atoms with Crippen LogP contribution in [0.25, 0.3) is 0 Å². The molecule has 0 unspecified atom stereocenters. The predicted octanol–water partition coefficient (Wildman–Crippen LogP) is 5.29. The molecule has 0 atom stereocenters. The average Bonchev–Trinajstić information content (AvgIpc) is 4.51. The van der Waals surface area contributed by atoms with E-state index >= 15 is 0 Å². The van der Waals surface area contributed by atoms with Crippen LogP contribution in [-0.4, -0.2) is 122 Å². The van der Waals surface area contributed by atoms with Crippen LogP contribution in [0.4, 0.5) is 17.1 Å². The number of methoxy groups -OCH3 is 2. The Morgan fingerprint density at radius 2 is 0.675 bits per heavy atom. The summed E-state index contributed by atoms with van der Waals surface area (Å²) in [4.78, 5) is 133. The number of nitro groups is 3. The topological polar surface area (TPSA) is 357 Å². The Balaban J connectivity index is 0.000000218. The van der Waals surface area contributed by atoms with E-state index in [4.69, 9.17) is 9.84 Å². The molecular weight excluding hydrogens is 1090 g/mol.